The molecule has 2 heterocycles. The second-order valence-corrected chi connectivity index (χ2v) is 10.5. The lowest BCUT2D eigenvalue weighted by molar-refractivity contribution is -0.123. The average molecular weight is 499 g/mol. The normalized spacial score (nSPS) is 21.8. The van der Waals surface area contributed by atoms with Crippen molar-refractivity contribution in [1.29, 1.82) is 0 Å². The van der Waals surface area contributed by atoms with Crippen LogP contribution in [-0.2, 0) is 38.2 Å². The fourth-order valence-electron chi connectivity index (χ4n) is 4.55. The van der Waals surface area contributed by atoms with Gasteiger partial charge in [-0.15, -0.1) is 0 Å². The predicted molar refractivity (Wildman–Crippen MR) is 132 cm³/mol. The van der Waals surface area contributed by atoms with Gasteiger partial charge < -0.3 is 4.90 Å². The van der Waals surface area contributed by atoms with Crippen LogP contribution in [-0.4, -0.2) is 21.8 Å². The predicted octanol–water partition coefficient (Wildman–Crippen LogP) is 5.05. The van der Waals surface area contributed by atoms with Crippen LogP contribution in [0.5, 0.6) is 0 Å². The SMILES string of the molecule is CCc1ccc(N2C(=O)CS(=O)C23C(=O)N(Cc2ccc(Cl)cc2)c2ccc(Cl)cc23)cc1. The third-order valence-electron chi connectivity index (χ3n) is 6.15. The highest BCUT2D eigenvalue weighted by atomic mass is 35.5. The summed E-state index contributed by atoms with van der Waals surface area (Å²) >= 11 is 12.3. The fourth-order valence-corrected chi connectivity index (χ4v) is 6.54. The van der Waals surface area contributed by atoms with E-state index in [-0.39, 0.29) is 18.2 Å². The van der Waals surface area contributed by atoms with Gasteiger partial charge in [0.25, 0.3) is 5.91 Å². The van der Waals surface area contributed by atoms with E-state index in [4.69, 9.17) is 23.2 Å². The van der Waals surface area contributed by atoms with Gasteiger partial charge in [-0.25, -0.2) is 0 Å². The number of amides is 2. The maximum atomic E-state index is 14.1. The highest BCUT2D eigenvalue weighted by Gasteiger charge is 2.65. The van der Waals surface area contributed by atoms with Gasteiger partial charge in [0.05, 0.1) is 23.0 Å². The number of halogens is 2. The Kier molecular flexibility index (Phi) is 5.55. The van der Waals surface area contributed by atoms with Crippen LogP contribution in [0.3, 0.4) is 0 Å². The highest BCUT2D eigenvalue weighted by Crippen LogP contribution is 2.52. The quantitative estimate of drug-likeness (QED) is 0.505. The third-order valence-corrected chi connectivity index (χ3v) is 8.39. The monoisotopic (exact) mass is 498 g/mol. The minimum Gasteiger partial charge on any atom is -0.304 e. The topological polar surface area (TPSA) is 57.7 Å². The molecule has 1 spiro atoms. The molecule has 5 nitrogen and oxygen atoms in total. The molecule has 0 radical (unpaired) electrons. The largest absolute Gasteiger partial charge is 0.304 e. The maximum Gasteiger partial charge on any atom is 0.271 e. The number of carbonyl (C=O) groups is 2. The molecule has 0 saturated carbocycles. The Morgan fingerprint density at radius 1 is 0.909 bits per heavy atom. The molecule has 2 aliphatic heterocycles. The van der Waals surface area contributed by atoms with Crippen LogP contribution in [0, 0.1) is 0 Å². The molecule has 2 aliphatic rings. The Balaban J connectivity index is 1.68. The molecular weight excluding hydrogens is 479 g/mol. The zero-order chi connectivity index (χ0) is 23.3. The molecule has 33 heavy (non-hydrogen) atoms. The first-order chi connectivity index (χ1) is 15.9. The van der Waals surface area contributed by atoms with Crippen LogP contribution < -0.4 is 9.80 Å². The van der Waals surface area contributed by atoms with E-state index in [9.17, 15) is 13.8 Å². The first kappa shape index (κ1) is 22.1. The zero-order valence-corrected chi connectivity index (χ0v) is 20.1. The van der Waals surface area contributed by atoms with Gasteiger partial charge in [-0.05, 0) is 60.0 Å². The zero-order valence-electron chi connectivity index (χ0n) is 17.8. The molecule has 2 amide bonds. The maximum absolute atomic E-state index is 14.1. The molecule has 8 heteroatoms. The second kappa shape index (κ2) is 8.28. The van der Waals surface area contributed by atoms with Gasteiger partial charge in [0.15, 0.2) is 0 Å². The van der Waals surface area contributed by atoms with E-state index in [1.807, 2.05) is 31.2 Å². The minimum absolute atomic E-state index is 0.234. The van der Waals surface area contributed by atoms with Crippen LogP contribution in [0.25, 0.3) is 0 Å². The third kappa shape index (κ3) is 3.39. The van der Waals surface area contributed by atoms with Crippen LogP contribution in [0.1, 0.15) is 23.6 Å². The molecule has 0 aromatic heterocycles. The first-order valence-electron chi connectivity index (χ1n) is 10.5. The van der Waals surface area contributed by atoms with E-state index in [1.54, 1.807) is 47.4 Å². The molecule has 2 unspecified atom stereocenters. The summed E-state index contributed by atoms with van der Waals surface area (Å²) in [4.78, 5) is 28.6. The Bertz CT molecular complexity index is 1290. The lowest BCUT2D eigenvalue weighted by atomic mass is 10.0. The summed E-state index contributed by atoms with van der Waals surface area (Å²) in [6.45, 7) is 2.29. The van der Waals surface area contributed by atoms with Gasteiger partial charge in [0.1, 0.15) is 5.75 Å². The van der Waals surface area contributed by atoms with Crippen molar-refractivity contribution in [3.63, 3.8) is 0 Å². The Morgan fingerprint density at radius 3 is 2.21 bits per heavy atom. The number of fused-ring (bicyclic) bond motifs is 2. The smallest absolute Gasteiger partial charge is 0.271 e. The van der Waals surface area contributed by atoms with E-state index in [2.05, 4.69) is 0 Å². The van der Waals surface area contributed by atoms with Gasteiger partial charge in [0.2, 0.25) is 10.8 Å². The number of rotatable bonds is 4. The fraction of sp³-hybridized carbons (Fsp3) is 0.200. The Morgan fingerprint density at radius 2 is 1.55 bits per heavy atom. The standard InChI is InChI=1S/C25H20Cl2N2O3S/c1-2-16-5-10-20(11-6-16)29-23(30)15-33(32)25(29)21-13-19(27)9-12-22(21)28(24(25)31)14-17-3-7-18(26)8-4-17/h3-13H,2,14-15H2,1H3. The summed E-state index contributed by atoms with van der Waals surface area (Å²) < 4.78 is 13.6. The number of aryl methyl sites for hydroxylation is 1. The summed E-state index contributed by atoms with van der Waals surface area (Å²) in [6.07, 6.45) is 0.845. The summed E-state index contributed by atoms with van der Waals surface area (Å²) in [5.41, 5.74) is 3.58. The molecule has 5 rings (SSSR count). The molecular formula is C25H20Cl2N2O3S. The number of benzene rings is 3. The van der Waals surface area contributed by atoms with Crippen LogP contribution >= 0.6 is 23.2 Å². The molecule has 1 saturated heterocycles. The van der Waals surface area contributed by atoms with Crippen molar-refractivity contribution in [3.8, 4) is 0 Å². The van der Waals surface area contributed by atoms with Crippen molar-refractivity contribution in [3.05, 3.63) is 93.5 Å². The van der Waals surface area contributed by atoms with Gasteiger partial charge in [-0.3, -0.25) is 18.7 Å². The molecule has 1 fully saturated rings. The lowest BCUT2D eigenvalue weighted by Gasteiger charge is -2.33. The Hall–Kier alpha value is -2.67. The van der Waals surface area contributed by atoms with Gasteiger partial charge in [-0.1, -0.05) is 54.4 Å². The molecule has 0 N–H and O–H groups in total. The summed E-state index contributed by atoms with van der Waals surface area (Å²) in [5, 5.41) is 1.01. The van der Waals surface area contributed by atoms with E-state index in [0.717, 1.165) is 17.5 Å². The van der Waals surface area contributed by atoms with Gasteiger partial charge >= 0.3 is 0 Å². The number of anilines is 2. The van der Waals surface area contributed by atoms with Crippen molar-refractivity contribution < 1.29 is 13.8 Å². The molecule has 3 aromatic carbocycles. The average Bonchev–Trinajstić information content (AvgIpc) is 3.21. The van der Waals surface area contributed by atoms with E-state index < -0.39 is 21.6 Å². The van der Waals surface area contributed by atoms with Crippen LogP contribution in [0.4, 0.5) is 11.4 Å². The molecule has 0 aliphatic carbocycles. The lowest BCUT2D eigenvalue weighted by Crippen LogP contribution is -2.52. The summed E-state index contributed by atoms with van der Waals surface area (Å²) in [6, 6.07) is 19.7. The summed E-state index contributed by atoms with van der Waals surface area (Å²) in [7, 11) is -1.80. The first-order valence-corrected chi connectivity index (χ1v) is 12.6. The van der Waals surface area contributed by atoms with Gasteiger partial charge in [-0.2, -0.15) is 0 Å². The second-order valence-electron chi connectivity index (χ2n) is 8.06. The number of carbonyl (C=O) groups excluding carboxylic acids is 2. The number of hydrogen-bond acceptors (Lipinski definition) is 3. The van der Waals surface area contributed by atoms with Crippen molar-refractivity contribution >= 4 is 57.2 Å². The van der Waals surface area contributed by atoms with E-state index >= 15 is 0 Å². The van der Waals surface area contributed by atoms with Crippen LogP contribution in [0.2, 0.25) is 10.0 Å². The van der Waals surface area contributed by atoms with Crippen LogP contribution in [0.15, 0.2) is 66.7 Å². The summed E-state index contributed by atoms with van der Waals surface area (Å²) in [5.74, 6) is -0.995. The molecule has 2 atom stereocenters. The number of hydrogen-bond donors (Lipinski definition) is 0. The number of nitrogens with zero attached hydrogens (tertiary/aromatic N) is 2. The minimum atomic E-state index is -1.80. The van der Waals surface area contributed by atoms with Gasteiger partial charge in [0, 0.05) is 21.3 Å². The Labute approximate surface area is 204 Å². The van der Waals surface area contributed by atoms with Crippen molar-refractivity contribution in [1.82, 2.24) is 0 Å². The van der Waals surface area contributed by atoms with Crippen molar-refractivity contribution in [2.75, 3.05) is 15.6 Å². The molecule has 168 valence electrons. The molecule has 0 bridgehead atoms. The van der Waals surface area contributed by atoms with E-state index in [0.29, 0.717) is 27.0 Å². The highest BCUT2D eigenvalue weighted by molar-refractivity contribution is 7.88. The van der Waals surface area contributed by atoms with E-state index in [1.165, 1.54) is 4.90 Å². The van der Waals surface area contributed by atoms with Crippen molar-refractivity contribution in [2.24, 2.45) is 0 Å². The molecule has 3 aromatic rings. The van der Waals surface area contributed by atoms with Crippen molar-refractivity contribution in [2.45, 2.75) is 24.8 Å².